The molecule has 5 nitrogen and oxygen atoms in total. The van der Waals surface area contributed by atoms with Crippen molar-refractivity contribution < 1.29 is 9.84 Å². The fourth-order valence-electron chi connectivity index (χ4n) is 1.53. The van der Waals surface area contributed by atoms with Crippen LogP contribution in [0.5, 0.6) is 5.75 Å². The van der Waals surface area contributed by atoms with E-state index in [4.69, 9.17) is 21.4 Å². The van der Waals surface area contributed by atoms with E-state index in [1.54, 1.807) is 24.1 Å². The van der Waals surface area contributed by atoms with E-state index < -0.39 is 0 Å². The van der Waals surface area contributed by atoms with E-state index in [2.05, 4.69) is 10.3 Å². The van der Waals surface area contributed by atoms with Gasteiger partial charge in [0.2, 0.25) is 0 Å². The van der Waals surface area contributed by atoms with Gasteiger partial charge in [-0.2, -0.15) is 0 Å². The normalized spacial score (nSPS) is 10.5. The Morgan fingerprint density at radius 3 is 2.94 bits per heavy atom. The van der Waals surface area contributed by atoms with Crippen molar-refractivity contribution in [1.29, 1.82) is 0 Å². The minimum atomic E-state index is -0.118. The van der Waals surface area contributed by atoms with Gasteiger partial charge in [0.15, 0.2) is 0 Å². The topological polar surface area (TPSA) is 60.2 Å². The summed E-state index contributed by atoms with van der Waals surface area (Å²) in [4.78, 5) is 0. The van der Waals surface area contributed by atoms with Crippen LogP contribution in [0.4, 0.5) is 0 Å². The van der Waals surface area contributed by atoms with E-state index in [0.717, 1.165) is 11.3 Å². The zero-order valence-corrected chi connectivity index (χ0v) is 10.1. The van der Waals surface area contributed by atoms with E-state index >= 15 is 0 Å². The Bertz CT molecular complexity index is 513. The first-order valence-corrected chi connectivity index (χ1v) is 5.43. The molecule has 90 valence electrons. The zero-order chi connectivity index (χ0) is 12.3. The number of nitrogens with zero attached hydrogens (tertiary/aromatic N) is 3. The largest absolute Gasteiger partial charge is 0.496 e. The molecule has 0 fully saturated rings. The lowest BCUT2D eigenvalue weighted by Crippen LogP contribution is -2.02. The fraction of sp³-hybridized carbons (Fsp3) is 0.273. The molecule has 0 atom stereocenters. The van der Waals surface area contributed by atoms with E-state index in [-0.39, 0.29) is 6.61 Å². The number of hydrogen-bond acceptors (Lipinski definition) is 4. The second kappa shape index (κ2) is 5.16. The molecule has 0 amide bonds. The van der Waals surface area contributed by atoms with E-state index in [0.29, 0.717) is 17.3 Å². The first kappa shape index (κ1) is 11.9. The van der Waals surface area contributed by atoms with Crippen LogP contribution >= 0.6 is 11.6 Å². The second-order valence-electron chi connectivity index (χ2n) is 3.52. The van der Waals surface area contributed by atoms with Crippen molar-refractivity contribution in [3.8, 4) is 5.75 Å². The molecular formula is C11H12ClN3O2. The van der Waals surface area contributed by atoms with Crippen molar-refractivity contribution >= 4 is 11.6 Å². The minimum Gasteiger partial charge on any atom is -0.496 e. The molecule has 17 heavy (non-hydrogen) atoms. The van der Waals surface area contributed by atoms with Crippen molar-refractivity contribution in [3.05, 3.63) is 40.7 Å². The molecule has 0 radical (unpaired) electrons. The lowest BCUT2D eigenvalue weighted by atomic mass is 10.2. The number of aromatic nitrogens is 3. The third-order valence-electron chi connectivity index (χ3n) is 2.32. The predicted octanol–water partition coefficient (Wildman–Crippen LogP) is 1.48. The third kappa shape index (κ3) is 2.75. The van der Waals surface area contributed by atoms with Gasteiger partial charge in [-0.25, -0.2) is 4.68 Å². The molecule has 0 bridgehead atoms. The summed E-state index contributed by atoms with van der Waals surface area (Å²) in [6.07, 6.45) is 1.68. The van der Waals surface area contributed by atoms with Gasteiger partial charge in [-0.05, 0) is 18.2 Å². The Balaban J connectivity index is 2.25. The van der Waals surface area contributed by atoms with Crippen molar-refractivity contribution in [3.63, 3.8) is 0 Å². The van der Waals surface area contributed by atoms with Crippen LogP contribution in [0.25, 0.3) is 0 Å². The summed E-state index contributed by atoms with van der Waals surface area (Å²) >= 11 is 5.93. The Kier molecular flexibility index (Phi) is 3.61. The third-order valence-corrected chi connectivity index (χ3v) is 2.56. The lowest BCUT2D eigenvalue weighted by molar-refractivity contribution is 0.276. The molecule has 2 aromatic rings. The maximum Gasteiger partial charge on any atom is 0.124 e. The van der Waals surface area contributed by atoms with Gasteiger partial charge in [0.1, 0.15) is 11.4 Å². The van der Waals surface area contributed by atoms with Gasteiger partial charge in [-0.1, -0.05) is 16.8 Å². The molecule has 1 aromatic heterocycles. The van der Waals surface area contributed by atoms with Crippen molar-refractivity contribution in [2.75, 3.05) is 7.11 Å². The van der Waals surface area contributed by atoms with Crippen molar-refractivity contribution in [2.45, 2.75) is 13.2 Å². The molecule has 0 unspecified atom stereocenters. The lowest BCUT2D eigenvalue weighted by Gasteiger charge is -2.08. The van der Waals surface area contributed by atoms with Crippen LogP contribution in [0.1, 0.15) is 11.3 Å². The molecule has 1 aromatic carbocycles. The molecule has 1 N–H and O–H groups in total. The Morgan fingerprint density at radius 1 is 1.47 bits per heavy atom. The minimum absolute atomic E-state index is 0.118. The number of aliphatic hydroxyl groups is 1. The maximum absolute atomic E-state index is 8.90. The molecule has 0 aliphatic rings. The summed E-state index contributed by atoms with van der Waals surface area (Å²) < 4.78 is 6.86. The van der Waals surface area contributed by atoms with Crippen LogP contribution in [0.2, 0.25) is 5.02 Å². The van der Waals surface area contributed by atoms with Gasteiger partial charge in [-0.15, -0.1) is 5.10 Å². The highest BCUT2D eigenvalue weighted by Crippen LogP contribution is 2.23. The maximum atomic E-state index is 8.90. The number of aliphatic hydroxyl groups excluding tert-OH is 1. The number of ether oxygens (including phenoxy) is 1. The molecule has 1 heterocycles. The van der Waals surface area contributed by atoms with Crippen LogP contribution in [-0.2, 0) is 13.2 Å². The first-order valence-electron chi connectivity index (χ1n) is 5.05. The Labute approximate surface area is 104 Å². The van der Waals surface area contributed by atoms with Gasteiger partial charge in [-0.3, -0.25) is 0 Å². The van der Waals surface area contributed by atoms with Gasteiger partial charge in [0.25, 0.3) is 0 Å². The fourth-order valence-corrected chi connectivity index (χ4v) is 1.73. The molecule has 0 aliphatic heterocycles. The quantitative estimate of drug-likeness (QED) is 0.897. The molecular weight excluding hydrogens is 242 g/mol. The van der Waals surface area contributed by atoms with E-state index in [1.807, 2.05) is 12.1 Å². The molecule has 6 heteroatoms. The van der Waals surface area contributed by atoms with Crippen LogP contribution in [0.3, 0.4) is 0 Å². The smallest absolute Gasteiger partial charge is 0.124 e. The SMILES string of the molecule is COc1ccc(Cl)cc1Cn1cc(CO)nn1. The Hall–Kier alpha value is -1.59. The van der Waals surface area contributed by atoms with Gasteiger partial charge < -0.3 is 9.84 Å². The molecule has 0 saturated heterocycles. The highest BCUT2D eigenvalue weighted by Gasteiger charge is 2.06. The first-order chi connectivity index (χ1) is 8.22. The van der Waals surface area contributed by atoms with Crippen LogP contribution in [0, 0.1) is 0 Å². The van der Waals surface area contributed by atoms with Gasteiger partial charge >= 0.3 is 0 Å². The summed E-state index contributed by atoms with van der Waals surface area (Å²) in [5.74, 6) is 0.746. The summed E-state index contributed by atoms with van der Waals surface area (Å²) in [5, 5.41) is 17.2. The van der Waals surface area contributed by atoms with Crippen LogP contribution in [-0.4, -0.2) is 27.2 Å². The van der Waals surface area contributed by atoms with Crippen LogP contribution < -0.4 is 4.74 Å². The summed E-state index contributed by atoms with van der Waals surface area (Å²) in [6.45, 7) is 0.378. The highest BCUT2D eigenvalue weighted by molar-refractivity contribution is 6.30. The van der Waals surface area contributed by atoms with E-state index in [9.17, 15) is 0 Å². The predicted molar refractivity (Wildman–Crippen MR) is 63.1 cm³/mol. The van der Waals surface area contributed by atoms with Gasteiger partial charge in [0, 0.05) is 10.6 Å². The van der Waals surface area contributed by atoms with Crippen LogP contribution in [0.15, 0.2) is 24.4 Å². The number of halogens is 1. The number of hydrogen-bond donors (Lipinski definition) is 1. The van der Waals surface area contributed by atoms with E-state index in [1.165, 1.54) is 0 Å². The molecule has 0 aliphatic carbocycles. The van der Waals surface area contributed by atoms with Crippen molar-refractivity contribution in [2.24, 2.45) is 0 Å². The van der Waals surface area contributed by atoms with Crippen molar-refractivity contribution in [1.82, 2.24) is 15.0 Å². The summed E-state index contributed by atoms with van der Waals surface area (Å²) in [5.41, 5.74) is 1.44. The standard InChI is InChI=1S/C11H12ClN3O2/c1-17-11-3-2-9(12)4-8(11)5-15-6-10(7-16)13-14-15/h2-4,6,16H,5,7H2,1H3. The summed E-state index contributed by atoms with van der Waals surface area (Å²) in [7, 11) is 1.60. The monoisotopic (exact) mass is 253 g/mol. The molecule has 0 spiro atoms. The molecule has 0 saturated carbocycles. The molecule has 2 rings (SSSR count). The number of benzene rings is 1. The zero-order valence-electron chi connectivity index (χ0n) is 9.30. The van der Waals surface area contributed by atoms with Gasteiger partial charge in [0.05, 0.1) is 26.5 Å². The number of methoxy groups -OCH3 is 1. The highest BCUT2D eigenvalue weighted by atomic mass is 35.5. The number of rotatable bonds is 4. The average molecular weight is 254 g/mol. The summed E-state index contributed by atoms with van der Waals surface area (Å²) in [6, 6.07) is 5.40. The second-order valence-corrected chi connectivity index (χ2v) is 3.96. The average Bonchev–Trinajstić information content (AvgIpc) is 2.77. The Morgan fingerprint density at radius 2 is 2.29 bits per heavy atom.